The lowest BCUT2D eigenvalue weighted by molar-refractivity contribution is -0.138. The number of ether oxygens (including phenoxy) is 1. The Hall–Kier alpha value is -3.56. The summed E-state index contributed by atoms with van der Waals surface area (Å²) in [7, 11) is -2.72. The van der Waals surface area contributed by atoms with Gasteiger partial charge < -0.3 is 15.0 Å². The van der Waals surface area contributed by atoms with Crippen molar-refractivity contribution in [2.75, 3.05) is 31.0 Å². The van der Waals surface area contributed by atoms with Crippen molar-refractivity contribution in [2.24, 2.45) is 0 Å². The van der Waals surface area contributed by atoms with Crippen LogP contribution >= 0.6 is 11.6 Å². The fourth-order valence-electron chi connectivity index (χ4n) is 4.14. The molecular formula is C30H36ClN3O5S. The Bertz CT molecular complexity index is 1400. The minimum Gasteiger partial charge on any atom is -0.495 e. The standard InChI is InChI=1S/C30H36ClN3O5S/c1-5-18-32-30(36)23(3)33(19-17-24-9-7-6-8-10-24)29(35)21-34(25-13-16-28(39-4)27(31)20-25)40(37,38)26-14-11-22(2)12-15-26/h6-16,20,23H,5,17-19,21H2,1-4H3,(H,32,36). The average molecular weight is 586 g/mol. The number of sulfonamides is 1. The Balaban J connectivity index is 2.00. The first kappa shape index (κ1) is 31.0. The van der Waals surface area contributed by atoms with Crippen LogP contribution in [0, 0.1) is 6.92 Å². The largest absolute Gasteiger partial charge is 0.495 e. The van der Waals surface area contributed by atoms with E-state index in [0.717, 1.165) is 21.9 Å². The molecule has 40 heavy (non-hydrogen) atoms. The van der Waals surface area contributed by atoms with E-state index in [1.165, 1.54) is 36.3 Å². The number of nitrogens with one attached hydrogen (secondary N) is 1. The summed E-state index contributed by atoms with van der Waals surface area (Å²) in [6.45, 7) is 5.62. The van der Waals surface area contributed by atoms with Crippen LogP contribution in [0.25, 0.3) is 0 Å². The number of anilines is 1. The monoisotopic (exact) mass is 585 g/mol. The first-order chi connectivity index (χ1) is 19.1. The van der Waals surface area contributed by atoms with Gasteiger partial charge in [0.25, 0.3) is 10.0 Å². The Labute approximate surface area is 241 Å². The molecule has 10 heteroatoms. The van der Waals surface area contributed by atoms with Gasteiger partial charge in [-0.25, -0.2) is 8.42 Å². The predicted octanol–water partition coefficient (Wildman–Crippen LogP) is 4.84. The van der Waals surface area contributed by atoms with E-state index in [-0.39, 0.29) is 28.1 Å². The highest BCUT2D eigenvalue weighted by Gasteiger charge is 2.32. The summed E-state index contributed by atoms with van der Waals surface area (Å²) in [5.41, 5.74) is 2.09. The number of rotatable bonds is 13. The predicted molar refractivity (Wildman–Crippen MR) is 158 cm³/mol. The maximum absolute atomic E-state index is 13.9. The van der Waals surface area contributed by atoms with Gasteiger partial charge in [0, 0.05) is 13.1 Å². The topological polar surface area (TPSA) is 96.0 Å². The molecule has 0 saturated carbocycles. The van der Waals surface area contributed by atoms with Crippen LogP contribution in [-0.2, 0) is 26.0 Å². The summed E-state index contributed by atoms with van der Waals surface area (Å²) in [5.74, 6) is -0.448. The molecule has 0 radical (unpaired) electrons. The van der Waals surface area contributed by atoms with Crippen molar-refractivity contribution in [3.8, 4) is 5.75 Å². The van der Waals surface area contributed by atoms with E-state index in [2.05, 4.69) is 5.32 Å². The van der Waals surface area contributed by atoms with E-state index in [1.54, 1.807) is 25.1 Å². The highest BCUT2D eigenvalue weighted by molar-refractivity contribution is 7.92. The van der Waals surface area contributed by atoms with Crippen LogP contribution < -0.4 is 14.4 Å². The zero-order valence-corrected chi connectivity index (χ0v) is 24.8. The van der Waals surface area contributed by atoms with Crippen molar-refractivity contribution >= 4 is 39.1 Å². The van der Waals surface area contributed by atoms with Crippen molar-refractivity contribution in [1.29, 1.82) is 0 Å². The Morgan fingerprint density at radius 1 is 1.02 bits per heavy atom. The second-order valence-corrected chi connectivity index (χ2v) is 11.7. The summed E-state index contributed by atoms with van der Waals surface area (Å²) >= 11 is 6.35. The second kappa shape index (κ2) is 14.2. The normalized spacial score (nSPS) is 11.9. The van der Waals surface area contributed by atoms with Gasteiger partial charge >= 0.3 is 0 Å². The number of benzene rings is 3. The maximum atomic E-state index is 13.9. The molecule has 0 aliphatic heterocycles. The molecule has 1 unspecified atom stereocenters. The van der Waals surface area contributed by atoms with Crippen LogP contribution in [0.4, 0.5) is 5.69 Å². The van der Waals surface area contributed by atoms with Gasteiger partial charge in [0.2, 0.25) is 11.8 Å². The summed E-state index contributed by atoms with van der Waals surface area (Å²) in [6.07, 6.45) is 1.24. The van der Waals surface area contributed by atoms with Crippen LogP contribution in [0.5, 0.6) is 5.75 Å². The number of aryl methyl sites for hydroxylation is 1. The Kier molecular flexibility index (Phi) is 11.0. The molecule has 214 valence electrons. The summed E-state index contributed by atoms with van der Waals surface area (Å²) in [4.78, 5) is 28.3. The molecule has 0 aliphatic carbocycles. The van der Waals surface area contributed by atoms with E-state index in [0.29, 0.717) is 18.7 Å². The smallest absolute Gasteiger partial charge is 0.264 e. The molecule has 0 fully saturated rings. The second-order valence-electron chi connectivity index (χ2n) is 9.43. The van der Waals surface area contributed by atoms with Crippen molar-refractivity contribution in [2.45, 2.75) is 44.6 Å². The molecule has 1 atom stereocenters. The number of hydrogen-bond acceptors (Lipinski definition) is 5. The van der Waals surface area contributed by atoms with Gasteiger partial charge in [0.1, 0.15) is 18.3 Å². The maximum Gasteiger partial charge on any atom is 0.264 e. The number of halogens is 1. The minimum atomic E-state index is -4.18. The van der Waals surface area contributed by atoms with E-state index in [4.69, 9.17) is 16.3 Å². The zero-order valence-electron chi connectivity index (χ0n) is 23.3. The van der Waals surface area contributed by atoms with Crippen LogP contribution in [0.2, 0.25) is 5.02 Å². The third-order valence-corrected chi connectivity index (χ3v) is 8.60. The van der Waals surface area contributed by atoms with Crippen molar-refractivity contribution < 1.29 is 22.7 Å². The molecule has 8 nitrogen and oxygen atoms in total. The fraction of sp³-hybridized carbons (Fsp3) is 0.333. The number of carbonyl (C=O) groups is 2. The lowest BCUT2D eigenvalue weighted by atomic mass is 10.1. The van der Waals surface area contributed by atoms with E-state index in [1.807, 2.05) is 44.2 Å². The van der Waals surface area contributed by atoms with Gasteiger partial charge in [-0.05, 0) is 62.6 Å². The number of hydrogen-bond donors (Lipinski definition) is 1. The number of nitrogens with zero attached hydrogens (tertiary/aromatic N) is 2. The Morgan fingerprint density at radius 3 is 2.30 bits per heavy atom. The molecule has 0 bridgehead atoms. The van der Waals surface area contributed by atoms with Gasteiger partial charge in [-0.15, -0.1) is 0 Å². The molecule has 0 aliphatic rings. The van der Waals surface area contributed by atoms with Gasteiger partial charge in [-0.3, -0.25) is 13.9 Å². The van der Waals surface area contributed by atoms with E-state index >= 15 is 0 Å². The van der Waals surface area contributed by atoms with E-state index < -0.39 is 28.5 Å². The number of methoxy groups -OCH3 is 1. The van der Waals surface area contributed by atoms with Crippen LogP contribution in [-0.4, -0.2) is 57.9 Å². The average Bonchev–Trinajstić information content (AvgIpc) is 2.95. The molecule has 0 saturated heterocycles. The lowest BCUT2D eigenvalue weighted by Crippen LogP contribution is -2.52. The van der Waals surface area contributed by atoms with Crippen molar-refractivity contribution in [3.63, 3.8) is 0 Å². The SMILES string of the molecule is CCCNC(=O)C(C)N(CCc1ccccc1)C(=O)CN(c1ccc(OC)c(Cl)c1)S(=O)(=O)c1ccc(C)cc1. The third kappa shape index (κ3) is 7.76. The fourth-order valence-corrected chi connectivity index (χ4v) is 5.80. The first-order valence-electron chi connectivity index (χ1n) is 13.1. The lowest BCUT2D eigenvalue weighted by Gasteiger charge is -2.32. The summed E-state index contributed by atoms with van der Waals surface area (Å²) in [6, 6.07) is 19.7. The molecule has 3 aromatic carbocycles. The molecule has 3 aromatic rings. The van der Waals surface area contributed by atoms with Crippen LogP contribution in [0.3, 0.4) is 0 Å². The van der Waals surface area contributed by atoms with Crippen LogP contribution in [0.15, 0.2) is 77.7 Å². The summed E-state index contributed by atoms with van der Waals surface area (Å²) in [5, 5.41) is 3.03. The molecule has 1 N–H and O–H groups in total. The molecule has 0 aromatic heterocycles. The molecule has 2 amide bonds. The molecule has 0 spiro atoms. The number of carbonyl (C=O) groups excluding carboxylic acids is 2. The van der Waals surface area contributed by atoms with E-state index in [9.17, 15) is 18.0 Å². The van der Waals surface area contributed by atoms with Gasteiger partial charge in [-0.1, -0.05) is 66.6 Å². The molecule has 0 heterocycles. The molecule has 3 rings (SSSR count). The van der Waals surface area contributed by atoms with Gasteiger partial charge in [0.15, 0.2) is 0 Å². The number of amides is 2. The van der Waals surface area contributed by atoms with Gasteiger partial charge in [-0.2, -0.15) is 0 Å². The molecular weight excluding hydrogens is 550 g/mol. The van der Waals surface area contributed by atoms with Crippen LogP contribution in [0.1, 0.15) is 31.4 Å². The first-order valence-corrected chi connectivity index (χ1v) is 14.9. The quantitative estimate of drug-likeness (QED) is 0.310. The third-order valence-electron chi connectivity index (χ3n) is 6.51. The summed E-state index contributed by atoms with van der Waals surface area (Å²) < 4.78 is 34.0. The zero-order chi connectivity index (χ0) is 29.3. The highest BCUT2D eigenvalue weighted by Crippen LogP contribution is 2.32. The van der Waals surface area contributed by atoms with Crippen molar-refractivity contribution in [3.05, 3.63) is 88.9 Å². The minimum absolute atomic E-state index is 0.0300. The highest BCUT2D eigenvalue weighted by atomic mass is 35.5. The Morgan fingerprint density at radius 2 is 1.70 bits per heavy atom. The van der Waals surface area contributed by atoms with Gasteiger partial charge in [0.05, 0.1) is 22.7 Å². The van der Waals surface area contributed by atoms with Crippen molar-refractivity contribution in [1.82, 2.24) is 10.2 Å².